The summed E-state index contributed by atoms with van der Waals surface area (Å²) in [4.78, 5) is 8.02. The Kier molecular flexibility index (Phi) is 6.06. The van der Waals surface area contributed by atoms with Gasteiger partial charge in [0.05, 0.1) is 16.9 Å². The molecule has 0 aliphatic carbocycles. The summed E-state index contributed by atoms with van der Waals surface area (Å²) in [5.74, 6) is 0.742. The molecule has 6 aromatic rings. The zero-order valence-electron chi connectivity index (χ0n) is 20.3. The van der Waals surface area contributed by atoms with Crippen molar-refractivity contribution in [1.82, 2.24) is 4.57 Å². The van der Waals surface area contributed by atoms with Gasteiger partial charge in [-0.25, -0.2) is 4.98 Å². The molecule has 1 aliphatic heterocycles. The molecule has 0 spiro atoms. The molecule has 0 radical (unpaired) electrons. The van der Waals surface area contributed by atoms with Crippen LogP contribution in [0.4, 0.5) is 17.1 Å². The molecule has 6 heteroatoms. The van der Waals surface area contributed by atoms with Gasteiger partial charge in [-0.3, -0.25) is 0 Å². The van der Waals surface area contributed by atoms with Crippen LogP contribution in [0.1, 0.15) is 0 Å². The third-order valence-electron chi connectivity index (χ3n) is 6.55. The van der Waals surface area contributed by atoms with Crippen molar-refractivity contribution < 1.29 is 29.0 Å². The molecule has 0 amide bonds. The number of benzene rings is 5. The summed E-state index contributed by atoms with van der Waals surface area (Å²) in [6.45, 7) is 0. The van der Waals surface area contributed by atoms with E-state index in [2.05, 4.69) is 69.0 Å². The Hall–Kier alpha value is -3.88. The van der Waals surface area contributed by atoms with E-state index in [4.69, 9.17) is 0 Å². The number of nitrogens with one attached hydrogen (secondary N) is 1. The maximum atomic E-state index is 13.7. The Labute approximate surface area is 231 Å². The quantitative estimate of drug-likeness (QED) is 0.350. The molecule has 172 valence electrons. The van der Waals surface area contributed by atoms with E-state index in [1.54, 1.807) is 17.8 Å². The average molecular weight is 491 g/mol. The molecule has 0 saturated carbocycles. The maximum Gasteiger partial charge on any atom is 1.00 e. The van der Waals surface area contributed by atoms with Crippen molar-refractivity contribution in [2.24, 2.45) is 0 Å². The fourth-order valence-corrected chi connectivity index (χ4v) is 6.00. The number of fused-ring (bicyclic) bond motifs is 3. The van der Waals surface area contributed by atoms with E-state index in [0.717, 1.165) is 39.6 Å². The Morgan fingerprint density at radius 3 is 1.95 bits per heavy atom. The van der Waals surface area contributed by atoms with Crippen molar-refractivity contribution in [3.63, 3.8) is 0 Å². The van der Waals surface area contributed by atoms with Gasteiger partial charge in [-0.1, -0.05) is 72.1 Å². The van der Waals surface area contributed by atoms with Crippen LogP contribution in [0.25, 0.3) is 28.1 Å². The van der Waals surface area contributed by atoms with Crippen LogP contribution in [-0.4, -0.2) is 4.57 Å². The number of anilines is 3. The minimum Gasteiger partial charge on any atom is -0.872 e. The number of aromatic amines is 1. The molecule has 37 heavy (non-hydrogen) atoms. The first kappa shape index (κ1) is 23.5. The second kappa shape index (κ2) is 9.53. The molecular formula is C31H21LiN3OS+. The first-order valence-electron chi connectivity index (χ1n) is 11.8. The molecule has 1 aliphatic rings. The molecule has 0 fully saturated rings. The van der Waals surface area contributed by atoms with Gasteiger partial charge in [0.15, 0.2) is 11.0 Å². The van der Waals surface area contributed by atoms with Crippen molar-refractivity contribution in [1.29, 1.82) is 0 Å². The zero-order chi connectivity index (χ0) is 24.1. The molecule has 2 heterocycles. The van der Waals surface area contributed by atoms with Gasteiger partial charge < -0.3 is 10.0 Å². The third kappa shape index (κ3) is 3.93. The van der Waals surface area contributed by atoms with Crippen molar-refractivity contribution in [3.8, 4) is 22.8 Å². The van der Waals surface area contributed by atoms with Crippen molar-refractivity contribution in [3.05, 3.63) is 121 Å². The summed E-state index contributed by atoms with van der Waals surface area (Å²) < 4.78 is 2.12. The number of hydrogen-bond acceptors (Lipinski definition) is 3. The van der Waals surface area contributed by atoms with E-state index < -0.39 is 0 Å². The van der Waals surface area contributed by atoms with E-state index in [9.17, 15) is 5.11 Å². The predicted molar refractivity (Wildman–Crippen MR) is 144 cm³/mol. The fourth-order valence-electron chi connectivity index (χ4n) is 4.94. The topological polar surface area (TPSA) is 45.4 Å². The largest absolute Gasteiger partial charge is 1.00 e. The number of para-hydroxylation sites is 5. The molecule has 4 nitrogen and oxygen atoms in total. The Morgan fingerprint density at radius 2 is 1.24 bits per heavy atom. The van der Waals surface area contributed by atoms with Gasteiger partial charge in [0.1, 0.15) is 5.69 Å². The van der Waals surface area contributed by atoms with E-state index in [0.29, 0.717) is 5.56 Å². The Balaban J connectivity index is 0.00000252. The first-order valence-corrected chi connectivity index (χ1v) is 12.7. The second-order valence-corrected chi connectivity index (χ2v) is 9.80. The summed E-state index contributed by atoms with van der Waals surface area (Å²) in [7, 11) is 0. The zero-order valence-corrected chi connectivity index (χ0v) is 21.1. The molecule has 0 bridgehead atoms. The van der Waals surface area contributed by atoms with Gasteiger partial charge in [0.2, 0.25) is 0 Å². The van der Waals surface area contributed by atoms with Gasteiger partial charge in [-0.05, 0) is 66.7 Å². The molecule has 5 aromatic carbocycles. The standard InChI is InChI=1S/C31H21N3OS.Li/c35-28-20-22(33-26-14-6-8-16-29(26)36-30-17-9-7-15-27(30)33)18-19-23(28)31-32-24-12-4-5-13-25(24)34(31)21-10-2-1-3-11-21;/h1-20,35H;/q;+1. The van der Waals surface area contributed by atoms with E-state index in [1.807, 2.05) is 60.7 Å². The van der Waals surface area contributed by atoms with Gasteiger partial charge in [0, 0.05) is 15.5 Å². The predicted octanol–water partition coefficient (Wildman–Crippen LogP) is 4.12. The normalized spacial score (nSPS) is 12.1. The van der Waals surface area contributed by atoms with Gasteiger partial charge in [-0.15, -0.1) is 0 Å². The number of hydrogen-bond donors (Lipinski definition) is 0. The Bertz CT molecular complexity index is 1700. The SMILES string of the molecule is [Li+].[O-]c1cc(N2c3ccccc3Sc3ccccc32)ccc1-c1[nH+]c2ccccc2n1-c1ccccc1. The second-order valence-electron chi connectivity index (χ2n) is 8.72. The molecule has 7 rings (SSSR count). The van der Waals surface area contributed by atoms with E-state index >= 15 is 0 Å². The third-order valence-corrected chi connectivity index (χ3v) is 7.68. The monoisotopic (exact) mass is 490 g/mol. The van der Waals surface area contributed by atoms with Gasteiger partial charge >= 0.3 is 18.9 Å². The van der Waals surface area contributed by atoms with Crippen molar-refractivity contribution in [2.45, 2.75) is 9.79 Å². The van der Waals surface area contributed by atoms with Gasteiger partial charge in [0.25, 0.3) is 5.82 Å². The van der Waals surface area contributed by atoms with Crippen LogP contribution in [0, 0.1) is 0 Å². The smallest absolute Gasteiger partial charge is 0.872 e. The van der Waals surface area contributed by atoms with Crippen LogP contribution in [-0.2, 0) is 0 Å². The van der Waals surface area contributed by atoms with Crippen molar-refractivity contribution in [2.75, 3.05) is 4.90 Å². The van der Waals surface area contributed by atoms with Crippen LogP contribution < -0.4 is 33.9 Å². The molecular weight excluding hydrogens is 469 g/mol. The van der Waals surface area contributed by atoms with Crippen LogP contribution in [0.15, 0.2) is 131 Å². The van der Waals surface area contributed by atoms with Crippen LogP contribution in [0.2, 0.25) is 0 Å². The molecule has 1 N–H and O–H groups in total. The van der Waals surface area contributed by atoms with Crippen molar-refractivity contribution >= 4 is 39.9 Å². The molecule has 0 unspecified atom stereocenters. The minimum atomic E-state index is -0.0306. The summed E-state index contributed by atoms with van der Waals surface area (Å²) in [6.07, 6.45) is 0. The van der Waals surface area contributed by atoms with E-state index in [1.165, 1.54) is 9.79 Å². The number of nitrogens with zero attached hydrogens (tertiary/aromatic N) is 2. The summed E-state index contributed by atoms with van der Waals surface area (Å²) in [6, 6.07) is 40.7. The Morgan fingerprint density at radius 1 is 0.622 bits per heavy atom. The average Bonchev–Trinajstić information content (AvgIpc) is 3.31. The fraction of sp³-hybridized carbons (Fsp3) is 0. The van der Waals surface area contributed by atoms with Crippen LogP contribution >= 0.6 is 11.8 Å². The molecule has 1 aromatic heterocycles. The minimum absolute atomic E-state index is 0. The number of imidazole rings is 1. The number of aromatic nitrogens is 2. The van der Waals surface area contributed by atoms with Crippen LogP contribution in [0.5, 0.6) is 5.75 Å². The maximum absolute atomic E-state index is 13.7. The summed E-state index contributed by atoms with van der Waals surface area (Å²) >= 11 is 1.76. The molecule has 0 atom stereocenters. The number of H-pyrrole nitrogens is 1. The summed E-state index contributed by atoms with van der Waals surface area (Å²) in [5, 5.41) is 13.7. The first-order chi connectivity index (χ1) is 17.8. The van der Waals surface area contributed by atoms with Crippen LogP contribution in [0.3, 0.4) is 0 Å². The number of rotatable bonds is 3. The van der Waals surface area contributed by atoms with Gasteiger partial charge in [-0.2, -0.15) is 4.57 Å². The molecule has 0 saturated heterocycles. The van der Waals surface area contributed by atoms with E-state index in [-0.39, 0.29) is 24.6 Å². The summed E-state index contributed by atoms with van der Waals surface area (Å²) in [5.41, 5.74) is 6.66.